The molecule has 0 radical (unpaired) electrons. The molecule has 28 heavy (non-hydrogen) atoms. The van der Waals surface area contributed by atoms with E-state index in [9.17, 15) is 14.9 Å². The maximum atomic E-state index is 12.7. The molecule has 2 aromatic carbocycles. The average Bonchev–Trinajstić information content (AvgIpc) is 2.65. The van der Waals surface area contributed by atoms with E-state index < -0.39 is 16.9 Å². The fourth-order valence-electron chi connectivity index (χ4n) is 2.64. The van der Waals surface area contributed by atoms with E-state index in [0.29, 0.717) is 17.9 Å². The van der Waals surface area contributed by atoms with Crippen molar-refractivity contribution in [2.45, 2.75) is 45.6 Å². The lowest BCUT2D eigenvalue weighted by Gasteiger charge is -2.21. The molecule has 0 fully saturated rings. The lowest BCUT2D eigenvalue weighted by atomic mass is 9.87. The molecule has 0 aliphatic heterocycles. The van der Waals surface area contributed by atoms with E-state index in [4.69, 9.17) is 9.47 Å². The number of non-ortho nitro benzene ring substituents is 1. The van der Waals surface area contributed by atoms with Crippen molar-refractivity contribution >= 4 is 17.3 Å². The van der Waals surface area contributed by atoms with Crippen molar-refractivity contribution in [2.24, 2.45) is 0 Å². The number of carbonyl (C=O) groups is 1. The van der Waals surface area contributed by atoms with Crippen LogP contribution in [0.25, 0.3) is 0 Å². The summed E-state index contributed by atoms with van der Waals surface area (Å²) in [7, 11) is 1.43. The van der Waals surface area contributed by atoms with Crippen LogP contribution in [0.4, 0.5) is 11.4 Å². The van der Waals surface area contributed by atoms with Crippen LogP contribution in [0.2, 0.25) is 0 Å². The van der Waals surface area contributed by atoms with Gasteiger partial charge in [-0.25, -0.2) is 0 Å². The highest BCUT2D eigenvalue weighted by molar-refractivity contribution is 5.96. The van der Waals surface area contributed by atoms with Crippen LogP contribution >= 0.6 is 0 Å². The molecule has 0 bridgehead atoms. The molecule has 1 atom stereocenters. The minimum absolute atomic E-state index is 0.0264. The van der Waals surface area contributed by atoms with Crippen molar-refractivity contribution in [1.82, 2.24) is 0 Å². The lowest BCUT2D eigenvalue weighted by Crippen LogP contribution is -2.32. The number of rotatable bonds is 7. The summed E-state index contributed by atoms with van der Waals surface area (Å²) in [6, 6.07) is 11.7. The molecule has 0 saturated carbocycles. The van der Waals surface area contributed by atoms with Crippen LogP contribution in [-0.4, -0.2) is 24.0 Å². The second-order valence-electron chi connectivity index (χ2n) is 7.42. The van der Waals surface area contributed by atoms with Crippen LogP contribution in [0.1, 0.15) is 39.7 Å². The van der Waals surface area contributed by atoms with Crippen LogP contribution in [0.15, 0.2) is 42.5 Å². The van der Waals surface area contributed by atoms with Gasteiger partial charge in [-0.3, -0.25) is 14.9 Å². The number of nitrogens with zero attached hydrogens (tertiary/aromatic N) is 1. The number of amides is 1. The van der Waals surface area contributed by atoms with E-state index in [1.807, 2.05) is 31.2 Å². The smallest absolute Gasteiger partial charge is 0.271 e. The largest absolute Gasteiger partial charge is 0.495 e. The first kappa shape index (κ1) is 21.2. The second kappa shape index (κ2) is 8.73. The maximum Gasteiger partial charge on any atom is 0.271 e. The SMILES string of the molecule is CC[C@@H](Oc1ccc(C(C)(C)C)cc1)C(=O)Nc1cc([N+](=O)[O-])ccc1OC. The Labute approximate surface area is 164 Å². The highest BCUT2D eigenvalue weighted by Crippen LogP contribution is 2.29. The van der Waals surface area contributed by atoms with Crippen LogP contribution in [0.3, 0.4) is 0 Å². The summed E-state index contributed by atoms with van der Waals surface area (Å²) in [6.45, 7) is 8.20. The van der Waals surface area contributed by atoms with Gasteiger partial charge in [0.05, 0.1) is 17.7 Å². The molecule has 0 aromatic heterocycles. The fourth-order valence-corrected chi connectivity index (χ4v) is 2.64. The van der Waals surface area contributed by atoms with E-state index in [2.05, 4.69) is 26.1 Å². The van der Waals surface area contributed by atoms with E-state index >= 15 is 0 Å². The molecule has 0 unspecified atom stereocenters. The van der Waals surface area contributed by atoms with Crippen LogP contribution in [0.5, 0.6) is 11.5 Å². The molecular weight excluding hydrogens is 360 g/mol. The third kappa shape index (κ3) is 5.22. The van der Waals surface area contributed by atoms with Gasteiger partial charge in [-0.05, 0) is 35.6 Å². The molecule has 1 amide bonds. The molecular formula is C21H26N2O5. The van der Waals surface area contributed by atoms with E-state index in [-0.39, 0.29) is 16.8 Å². The van der Waals surface area contributed by atoms with Gasteiger partial charge in [0.25, 0.3) is 11.6 Å². The highest BCUT2D eigenvalue weighted by atomic mass is 16.6. The Kier molecular flexibility index (Phi) is 6.62. The molecule has 2 rings (SSSR count). The molecule has 0 heterocycles. The van der Waals surface area contributed by atoms with Gasteiger partial charge in [0.1, 0.15) is 11.5 Å². The van der Waals surface area contributed by atoms with Crippen LogP contribution in [-0.2, 0) is 10.2 Å². The van der Waals surface area contributed by atoms with Crippen molar-refractivity contribution in [3.8, 4) is 11.5 Å². The van der Waals surface area contributed by atoms with Crippen molar-refractivity contribution in [3.05, 3.63) is 58.1 Å². The van der Waals surface area contributed by atoms with Gasteiger partial charge >= 0.3 is 0 Å². The Morgan fingerprint density at radius 3 is 2.32 bits per heavy atom. The maximum absolute atomic E-state index is 12.7. The summed E-state index contributed by atoms with van der Waals surface area (Å²) in [5, 5.41) is 13.7. The number of hydrogen-bond donors (Lipinski definition) is 1. The highest BCUT2D eigenvalue weighted by Gasteiger charge is 2.22. The summed E-state index contributed by atoms with van der Waals surface area (Å²) in [5.74, 6) is 0.519. The molecule has 150 valence electrons. The third-order valence-corrected chi connectivity index (χ3v) is 4.31. The van der Waals surface area contributed by atoms with Crippen LogP contribution < -0.4 is 14.8 Å². The van der Waals surface area contributed by atoms with E-state index in [0.717, 1.165) is 0 Å². The number of methoxy groups -OCH3 is 1. The zero-order valence-electron chi connectivity index (χ0n) is 16.8. The average molecular weight is 386 g/mol. The number of hydrogen-bond acceptors (Lipinski definition) is 5. The fraction of sp³-hybridized carbons (Fsp3) is 0.381. The Morgan fingerprint density at radius 2 is 1.82 bits per heavy atom. The molecule has 1 N–H and O–H groups in total. The summed E-state index contributed by atoms with van der Waals surface area (Å²) >= 11 is 0. The number of ether oxygens (including phenoxy) is 2. The van der Waals surface area contributed by atoms with Gasteiger partial charge in [0.15, 0.2) is 6.10 Å². The van der Waals surface area contributed by atoms with Gasteiger partial charge in [0.2, 0.25) is 0 Å². The first-order chi connectivity index (χ1) is 13.2. The topological polar surface area (TPSA) is 90.7 Å². The molecule has 0 aliphatic carbocycles. The van der Waals surface area contributed by atoms with Crippen molar-refractivity contribution in [1.29, 1.82) is 0 Å². The minimum Gasteiger partial charge on any atom is -0.495 e. The second-order valence-corrected chi connectivity index (χ2v) is 7.42. The zero-order valence-corrected chi connectivity index (χ0v) is 16.8. The summed E-state index contributed by atoms with van der Waals surface area (Å²) in [6.07, 6.45) is -0.311. The van der Waals surface area contributed by atoms with Gasteiger partial charge in [-0.1, -0.05) is 39.8 Å². The van der Waals surface area contributed by atoms with Gasteiger partial charge < -0.3 is 14.8 Å². The molecule has 0 saturated heterocycles. The first-order valence-corrected chi connectivity index (χ1v) is 9.06. The number of nitro groups is 1. The monoisotopic (exact) mass is 386 g/mol. The predicted octanol–water partition coefficient (Wildman–Crippen LogP) is 4.70. The van der Waals surface area contributed by atoms with Gasteiger partial charge in [-0.15, -0.1) is 0 Å². The summed E-state index contributed by atoms with van der Waals surface area (Å²) in [5.41, 5.74) is 1.28. The number of nitrogens with one attached hydrogen (secondary N) is 1. The van der Waals surface area contributed by atoms with Crippen molar-refractivity contribution < 1.29 is 19.2 Å². The van der Waals surface area contributed by atoms with E-state index in [1.54, 1.807) is 0 Å². The van der Waals surface area contributed by atoms with E-state index in [1.165, 1.54) is 30.9 Å². The molecule has 0 aliphatic rings. The Bertz CT molecular complexity index is 841. The lowest BCUT2D eigenvalue weighted by molar-refractivity contribution is -0.384. The summed E-state index contributed by atoms with van der Waals surface area (Å²) in [4.78, 5) is 23.1. The van der Waals surface area contributed by atoms with Gasteiger partial charge in [-0.2, -0.15) is 0 Å². The van der Waals surface area contributed by atoms with Gasteiger partial charge in [0, 0.05) is 12.1 Å². The van der Waals surface area contributed by atoms with Crippen molar-refractivity contribution in [3.63, 3.8) is 0 Å². The Balaban J connectivity index is 2.16. The van der Waals surface area contributed by atoms with Crippen molar-refractivity contribution in [2.75, 3.05) is 12.4 Å². The minimum atomic E-state index is -0.746. The first-order valence-electron chi connectivity index (χ1n) is 9.06. The molecule has 7 nitrogen and oxygen atoms in total. The molecule has 7 heteroatoms. The standard InChI is InChI=1S/C21H26N2O5/c1-6-18(28-16-10-7-14(8-11-16)21(2,3)4)20(24)22-17-13-15(23(25)26)9-12-19(17)27-5/h7-13,18H,6H2,1-5H3,(H,22,24)/t18-/m1/s1. The number of anilines is 1. The Morgan fingerprint density at radius 1 is 1.18 bits per heavy atom. The normalized spacial score (nSPS) is 12.2. The third-order valence-electron chi connectivity index (χ3n) is 4.31. The molecule has 2 aromatic rings. The summed E-state index contributed by atoms with van der Waals surface area (Å²) < 4.78 is 11.0. The number of nitro benzene ring substituents is 1. The number of carbonyl (C=O) groups excluding carboxylic acids is 1. The zero-order chi connectivity index (χ0) is 20.9. The molecule has 0 spiro atoms. The Hall–Kier alpha value is -3.09. The predicted molar refractivity (Wildman–Crippen MR) is 108 cm³/mol. The number of benzene rings is 2. The van der Waals surface area contributed by atoms with Crippen LogP contribution in [0, 0.1) is 10.1 Å². The quantitative estimate of drug-likeness (QED) is 0.550.